The molecule has 0 aromatic rings. The quantitative estimate of drug-likeness (QED) is 0.481. The average molecular weight is 255 g/mol. The molecule has 0 unspecified atom stereocenters. The maximum Gasteiger partial charge on any atom is 0.0963 e. The maximum absolute atomic E-state index is 10.3. The van der Waals surface area contributed by atoms with Gasteiger partial charge >= 0.3 is 0 Å². The second-order valence-corrected chi connectivity index (χ2v) is 6.57. The van der Waals surface area contributed by atoms with Gasteiger partial charge in [0.2, 0.25) is 0 Å². The molecule has 0 aromatic heterocycles. The van der Waals surface area contributed by atoms with E-state index in [-0.39, 0.29) is 11.3 Å². The van der Waals surface area contributed by atoms with Crippen molar-refractivity contribution in [3.8, 4) is 0 Å². The van der Waals surface area contributed by atoms with E-state index in [0.29, 0.717) is 0 Å². The third kappa shape index (κ3) is 4.58. The fourth-order valence-electron chi connectivity index (χ4n) is 2.70. The van der Waals surface area contributed by atoms with E-state index in [2.05, 4.69) is 11.9 Å². The minimum absolute atomic E-state index is 0.203. The smallest absolute Gasteiger partial charge is 0.0963 e. The molecule has 1 aliphatic carbocycles. The number of rotatable bonds is 7. The molecule has 0 aromatic carbocycles. The Kier molecular flexibility index (Phi) is 5.17. The fourth-order valence-corrected chi connectivity index (χ4v) is 2.70. The third-order valence-electron chi connectivity index (χ3n) is 4.17. The summed E-state index contributed by atoms with van der Waals surface area (Å²) in [6.07, 6.45) is 6.13. The van der Waals surface area contributed by atoms with E-state index in [1.165, 1.54) is 0 Å². The highest BCUT2D eigenvalue weighted by Gasteiger charge is 2.32. The fraction of sp³-hybridized carbons (Fsp3) is 0.929. The lowest BCUT2D eigenvalue weighted by molar-refractivity contribution is 0.0158. The highest BCUT2D eigenvalue weighted by molar-refractivity contribution is 5.82. The Morgan fingerprint density at radius 2 is 1.94 bits per heavy atom. The van der Waals surface area contributed by atoms with E-state index in [1.54, 1.807) is 0 Å². The van der Waals surface area contributed by atoms with Gasteiger partial charge in [-0.25, -0.2) is 0 Å². The highest BCUT2D eigenvalue weighted by atomic mass is 16.3. The third-order valence-corrected chi connectivity index (χ3v) is 4.17. The van der Waals surface area contributed by atoms with Crippen molar-refractivity contribution in [2.75, 3.05) is 20.1 Å². The normalized spacial score (nSPS) is 19.4. The maximum atomic E-state index is 10.3. The van der Waals surface area contributed by atoms with Crippen LogP contribution in [0.3, 0.4) is 0 Å². The number of likely N-dealkylation sites (N-methyl/N-ethyl adjacent to an activating group) is 1. The summed E-state index contributed by atoms with van der Waals surface area (Å²) < 4.78 is 0. The molecule has 0 amide bonds. The second kappa shape index (κ2) is 6.02. The molecule has 4 N–H and O–H groups in total. The van der Waals surface area contributed by atoms with Crippen molar-refractivity contribution in [3.63, 3.8) is 0 Å². The molecule has 0 saturated heterocycles. The van der Waals surface area contributed by atoms with Crippen molar-refractivity contribution in [1.82, 2.24) is 4.90 Å². The predicted molar refractivity (Wildman–Crippen MR) is 75.8 cm³/mol. The predicted octanol–water partition coefficient (Wildman–Crippen LogP) is 1.97. The molecule has 1 aliphatic rings. The monoisotopic (exact) mass is 255 g/mol. The Labute approximate surface area is 111 Å². The molecule has 0 heterocycles. The number of hydrogen-bond donors (Lipinski definition) is 3. The molecule has 1 rings (SSSR count). The minimum Gasteiger partial charge on any atom is -0.389 e. The molecule has 1 saturated carbocycles. The van der Waals surface area contributed by atoms with Gasteiger partial charge in [0.25, 0.3) is 0 Å². The van der Waals surface area contributed by atoms with Gasteiger partial charge in [0.1, 0.15) is 0 Å². The number of aliphatic hydroxyl groups is 1. The van der Waals surface area contributed by atoms with Gasteiger partial charge in [-0.05, 0) is 39.3 Å². The summed E-state index contributed by atoms with van der Waals surface area (Å²) in [7, 11) is 2.07. The first kappa shape index (κ1) is 15.4. The molecule has 0 spiro atoms. The van der Waals surface area contributed by atoms with E-state index in [9.17, 15) is 5.11 Å². The summed E-state index contributed by atoms with van der Waals surface area (Å²) in [4.78, 5) is 2.21. The van der Waals surface area contributed by atoms with E-state index in [4.69, 9.17) is 11.1 Å². The van der Waals surface area contributed by atoms with Gasteiger partial charge in [0, 0.05) is 12.0 Å². The average Bonchev–Trinajstić information content (AvgIpc) is 2.64. The summed E-state index contributed by atoms with van der Waals surface area (Å²) >= 11 is 0. The summed E-state index contributed by atoms with van der Waals surface area (Å²) in [5.74, 6) is 0.263. The molecule has 0 radical (unpaired) electrons. The summed E-state index contributed by atoms with van der Waals surface area (Å²) in [6.45, 7) is 5.76. The van der Waals surface area contributed by atoms with Gasteiger partial charge < -0.3 is 15.7 Å². The number of nitrogens with one attached hydrogen (secondary N) is 1. The lowest BCUT2D eigenvalue weighted by Gasteiger charge is -2.29. The number of nitrogens with zero attached hydrogens (tertiary/aromatic N) is 1. The first-order valence-corrected chi connectivity index (χ1v) is 7.01. The first-order valence-electron chi connectivity index (χ1n) is 7.01. The Morgan fingerprint density at radius 1 is 1.39 bits per heavy atom. The van der Waals surface area contributed by atoms with Crippen LogP contribution in [-0.2, 0) is 0 Å². The van der Waals surface area contributed by atoms with Crippen LogP contribution in [0, 0.1) is 10.8 Å². The first-order chi connectivity index (χ1) is 8.25. The molecule has 4 nitrogen and oxygen atoms in total. The van der Waals surface area contributed by atoms with Gasteiger partial charge in [-0.1, -0.05) is 26.7 Å². The Hall–Kier alpha value is -0.610. The lowest BCUT2D eigenvalue weighted by Crippen LogP contribution is -2.40. The van der Waals surface area contributed by atoms with E-state index < -0.39 is 5.60 Å². The van der Waals surface area contributed by atoms with Gasteiger partial charge in [-0.3, -0.25) is 5.41 Å². The molecule has 18 heavy (non-hydrogen) atoms. The van der Waals surface area contributed by atoms with Crippen LogP contribution in [0.1, 0.15) is 52.4 Å². The van der Waals surface area contributed by atoms with E-state index in [0.717, 1.165) is 51.6 Å². The number of hydrogen-bond acceptors (Lipinski definition) is 3. The van der Waals surface area contributed by atoms with Crippen molar-refractivity contribution in [1.29, 1.82) is 5.41 Å². The van der Waals surface area contributed by atoms with Crippen LogP contribution in [-0.4, -0.2) is 41.6 Å². The lowest BCUT2D eigenvalue weighted by atomic mass is 9.86. The van der Waals surface area contributed by atoms with Crippen LogP contribution < -0.4 is 5.73 Å². The van der Waals surface area contributed by atoms with Gasteiger partial charge in [0.15, 0.2) is 0 Å². The van der Waals surface area contributed by atoms with Crippen LogP contribution in [0.25, 0.3) is 0 Å². The zero-order valence-corrected chi connectivity index (χ0v) is 12.1. The van der Waals surface area contributed by atoms with Crippen molar-refractivity contribution >= 4 is 5.84 Å². The van der Waals surface area contributed by atoms with Crippen molar-refractivity contribution in [3.05, 3.63) is 0 Å². The molecular formula is C14H29N3O. The molecule has 0 bridgehead atoms. The zero-order valence-electron chi connectivity index (χ0n) is 12.1. The van der Waals surface area contributed by atoms with E-state index >= 15 is 0 Å². The molecule has 4 heteroatoms. The second-order valence-electron chi connectivity index (χ2n) is 6.57. The van der Waals surface area contributed by atoms with Crippen LogP contribution in [0.2, 0.25) is 0 Å². The van der Waals surface area contributed by atoms with Crippen LogP contribution in [0.15, 0.2) is 0 Å². The van der Waals surface area contributed by atoms with Crippen molar-refractivity contribution < 1.29 is 5.11 Å². The summed E-state index contributed by atoms with van der Waals surface area (Å²) in [6, 6.07) is 0. The number of amidine groups is 1. The van der Waals surface area contributed by atoms with Gasteiger partial charge in [-0.15, -0.1) is 0 Å². The summed E-state index contributed by atoms with van der Waals surface area (Å²) in [5.41, 5.74) is 4.91. The Balaban J connectivity index is 2.25. The van der Waals surface area contributed by atoms with Crippen molar-refractivity contribution in [2.24, 2.45) is 11.1 Å². The molecule has 1 fully saturated rings. The zero-order chi connectivity index (χ0) is 13.8. The number of nitrogens with two attached hydrogens (primary N) is 1. The van der Waals surface area contributed by atoms with Crippen LogP contribution in [0.5, 0.6) is 0 Å². The van der Waals surface area contributed by atoms with E-state index in [1.807, 2.05) is 13.8 Å². The van der Waals surface area contributed by atoms with Crippen LogP contribution in [0.4, 0.5) is 0 Å². The van der Waals surface area contributed by atoms with Gasteiger partial charge in [0.05, 0.1) is 11.4 Å². The Bertz CT molecular complexity index is 283. The SMILES string of the molecule is CN(CCCC(C)(C)C(=N)N)CC1(O)CCCC1. The molecule has 0 atom stereocenters. The molecule has 106 valence electrons. The van der Waals surface area contributed by atoms with Crippen molar-refractivity contribution in [2.45, 2.75) is 58.0 Å². The molecular weight excluding hydrogens is 226 g/mol. The topological polar surface area (TPSA) is 73.3 Å². The molecule has 0 aliphatic heterocycles. The van der Waals surface area contributed by atoms with Gasteiger partial charge in [-0.2, -0.15) is 0 Å². The van der Waals surface area contributed by atoms with Crippen LogP contribution >= 0.6 is 0 Å². The highest BCUT2D eigenvalue weighted by Crippen LogP contribution is 2.30. The largest absolute Gasteiger partial charge is 0.389 e. The minimum atomic E-state index is -0.454. The summed E-state index contributed by atoms with van der Waals surface area (Å²) in [5, 5.41) is 17.8. The Morgan fingerprint density at radius 3 is 2.44 bits per heavy atom. The standard InChI is InChI=1S/C14H29N3O/c1-13(2,12(15)16)7-6-10-17(3)11-14(18)8-4-5-9-14/h18H,4-11H2,1-3H3,(H3,15,16).